The SMILES string of the molecule is CCCC(Cc1cccc([N+](=O)[O-])c1Br)C(=O)O. The lowest BCUT2D eigenvalue weighted by Gasteiger charge is -2.12. The molecule has 18 heavy (non-hydrogen) atoms. The van der Waals surface area contributed by atoms with Crippen molar-refractivity contribution in [3.8, 4) is 0 Å². The number of carbonyl (C=O) groups is 1. The third kappa shape index (κ3) is 3.53. The van der Waals surface area contributed by atoms with Crippen LogP contribution in [0.5, 0.6) is 0 Å². The highest BCUT2D eigenvalue weighted by Gasteiger charge is 2.21. The molecule has 0 aliphatic rings. The first-order valence-corrected chi connectivity index (χ1v) is 6.41. The van der Waals surface area contributed by atoms with Gasteiger partial charge in [-0.25, -0.2) is 0 Å². The number of nitro groups is 1. The summed E-state index contributed by atoms with van der Waals surface area (Å²) in [6, 6.07) is 4.68. The van der Waals surface area contributed by atoms with Gasteiger partial charge in [-0.3, -0.25) is 14.9 Å². The Balaban J connectivity index is 2.99. The fraction of sp³-hybridized carbons (Fsp3) is 0.417. The first-order chi connectivity index (χ1) is 8.47. The molecule has 1 rings (SSSR count). The number of carboxylic acids is 1. The molecular formula is C12H14BrNO4. The molecule has 0 spiro atoms. The molecule has 0 saturated heterocycles. The summed E-state index contributed by atoms with van der Waals surface area (Å²) in [6.07, 6.45) is 1.62. The molecule has 0 saturated carbocycles. The number of aliphatic carboxylic acids is 1. The van der Waals surface area contributed by atoms with Crippen LogP contribution in [0.2, 0.25) is 0 Å². The zero-order valence-corrected chi connectivity index (χ0v) is 11.5. The van der Waals surface area contributed by atoms with Crippen molar-refractivity contribution in [2.24, 2.45) is 5.92 Å². The average Bonchev–Trinajstić information content (AvgIpc) is 2.30. The second-order valence-electron chi connectivity index (χ2n) is 4.04. The minimum atomic E-state index is -0.866. The Bertz CT molecular complexity index is 461. The van der Waals surface area contributed by atoms with Crippen LogP contribution in [0.1, 0.15) is 25.3 Å². The number of benzene rings is 1. The van der Waals surface area contributed by atoms with E-state index in [-0.39, 0.29) is 5.69 Å². The summed E-state index contributed by atoms with van der Waals surface area (Å²) in [7, 11) is 0. The molecule has 1 atom stereocenters. The summed E-state index contributed by atoms with van der Waals surface area (Å²) in [6.45, 7) is 1.92. The Hall–Kier alpha value is -1.43. The molecule has 0 radical (unpaired) electrons. The van der Waals surface area contributed by atoms with Gasteiger partial charge in [0.2, 0.25) is 0 Å². The largest absolute Gasteiger partial charge is 0.481 e. The fourth-order valence-electron chi connectivity index (χ4n) is 1.79. The van der Waals surface area contributed by atoms with Gasteiger partial charge in [0, 0.05) is 6.07 Å². The third-order valence-corrected chi connectivity index (χ3v) is 3.62. The number of hydrogen-bond donors (Lipinski definition) is 1. The predicted molar refractivity (Wildman–Crippen MR) is 70.5 cm³/mol. The lowest BCUT2D eigenvalue weighted by atomic mass is 9.95. The fourth-order valence-corrected chi connectivity index (χ4v) is 2.36. The summed E-state index contributed by atoms with van der Waals surface area (Å²) >= 11 is 3.18. The first-order valence-electron chi connectivity index (χ1n) is 5.62. The zero-order valence-electron chi connectivity index (χ0n) is 9.93. The summed E-state index contributed by atoms with van der Waals surface area (Å²) in [4.78, 5) is 21.4. The highest BCUT2D eigenvalue weighted by molar-refractivity contribution is 9.10. The summed E-state index contributed by atoms with van der Waals surface area (Å²) in [5.41, 5.74) is 0.623. The van der Waals surface area contributed by atoms with Gasteiger partial charge < -0.3 is 5.11 Å². The van der Waals surface area contributed by atoms with Crippen LogP contribution >= 0.6 is 15.9 Å². The number of rotatable bonds is 6. The Labute approximate surface area is 113 Å². The van der Waals surface area contributed by atoms with Gasteiger partial charge in [0.15, 0.2) is 0 Å². The third-order valence-electron chi connectivity index (χ3n) is 2.71. The predicted octanol–water partition coefficient (Wildman–Crippen LogP) is 3.40. The second-order valence-corrected chi connectivity index (χ2v) is 4.83. The van der Waals surface area contributed by atoms with E-state index in [0.29, 0.717) is 22.9 Å². The molecular weight excluding hydrogens is 302 g/mol. The van der Waals surface area contributed by atoms with Crippen molar-refractivity contribution in [3.05, 3.63) is 38.3 Å². The van der Waals surface area contributed by atoms with Crippen molar-refractivity contribution in [2.75, 3.05) is 0 Å². The lowest BCUT2D eigenvalue weighted by Crippen LogP contribution is -2.16. The molecule has 0 aromatic heterocycles. The van der Waals surface area contributed by atoms with E-state index in [2.05, 4.69) is 15.9 Å². The molecule has 0 aliphatic heterocycles. The minimum absolute atomic E-state index is 0.0341. The van der Waals surface area contributed by atoms with Gasteiger partial charge in [-0.2, -0.15) is 0 Å². The van der Waals surface area contributed by atoms with Gasteiger partial charge >= 0.3 is 5.97 Å². The monoisotopic (exact) mass is 315 g/mol. The van der Waals surface area contributed by atoms with Crippen molar-refractivity contribution in [2.45, 2.75) is 26.2 Å². The van der Waals surface area contributed by atoms with Crippen LogP contribution in [0.4, 0.5) is 5.69 Å². The molecule has 6 heteroatoms. The first kappa shape index (κ1) is 14.6. The Kier molecular flexibility index (Phi) is 5.27. The van der Waals surface area contributed by atoms with Crippen LogP contribution in [-0.2, 0) is 11.2 Å². The quantitative estimate of drug-likeness (QED) is 0.644. The van der Waals surface area contributed by atoms with Crippen LogP contribution in [0.3, 0.4) is 0 Å². The van der Waals surface area contributed by atoms with E-state index in [0.717, 1.165) is 6.42 Å². The topological polar surface area (TPSA) is 80.4 Å². The van der Waals surface area contributed by atoms with Crippen molar-refractivity contribution >= 4 is 27.6 Å². The van der Waals surface area contributed by atoms with E-state index in [1.807, 2.05) is 6.92 Å². The summed E-state index contributed by atoms with van der Waals surface area (Å²) in [5, 5.41) is 19.9. The second kappa shape index (κ2) is 6.49. The summed E-state index contributed by atoms with van der Waals surface area (Å²) in [5.74, 6) is -1.37. The molecule has 0 heterocycles. The van der Waals surface area contributed by atoms with Gasteiger partial charge in [0.1, 0.15) is 0 Å². The van der Waals surface area contributed by atoms with Crippen molar-refractivity contribution < 1.29 is 14.8 Å². The van der Waals surface area contributed by atoms with E-state index in [1.165, 1.54) is 6.07 Å². The van der Waals surface area contributed by atoms with Crippen LogP contribution in [0.25, 0.3) is 0 Å². The molecule has 0 bridgehead atoms. The van der Waals surface area contributed by atoms with Gasteiger partial charge in [-0.1, -0.05) is 25.5 Å². The maximum absolute atomic E-state index is 11.1. The van der Waals surface area contributed by atoms with Crippen molar-refractivity contribution in [1.82, 2.24) is 0 Å². The van der Waals surface area contributed by atoms with Crippen LogP contribution < -0.4 is 0 Å². The van der Waals surface area contributed by atoms with Crippen molar-refractivity contribution in [1.29, 1.82) is 0 Å². The van der Waals surface area contributed by atoms with Gasteiger partial charge in [-0.15, -0.1) is 0 Å². The Morgan fingerprint density at radius 2 is 2.22 bits per heavy atom. The van der Waals surface area contributed by atoms with Gasteiger partial charge in [0.25, 0.3) is 5.69 Å². The van der Waals surface area contributed by atoms with E-state index >= 15 is 0 Å². The van der Waals surface area contributed by atoms with Crippen molar-refractivity contribution in [3.63, 3.8) is 0 Å². The van der Waals surface area contributed by atoms with Gasteiger partial charge in [0.05, 0.1) is 15.3 Å². The molecule has 0 amide bonds. The lowest BCUT2D eigenvalue weighted by molar-refractivity contribution is -0.385. The highest BCUT2D eigenvalue weighted by Crippen LogP contribution is 2.30. The molecule has 98 valence electrons. The Morgan fingerprint density at radius 1 is 1.56 bits per heavy atom. The number of nitro benzene ring substituents is 1. The molecule has 1 N–H and O–H groups in total. The van der Waals surface area contributed by atoms with Crippen LogP contribution in [0, 0.1) is 16.0 Å². The maximum Gasteiger partial charge on any atom is 0.306 e. The molecule has 1 unspecified atom stereocenters. The average molecular weight is 316 g/mol. The molecule has 0 aliphatic carbocycles. The number of halogens is 1. The maximum atomic E-state index is 11.1. The number of hydrogen-bond acceptors (Lipinski definition) is 3. The molecule has 5 nitrogen and oxygen atoms in total. The van der Waals surface area contributed by atoms with E-state index < -0.39 is 16.8 Å². The summed E-state index contributed by atoms with van der Waals surface area (Å²) < 4.78 is 0.373. The highest BCUT2D eigenvalue weighted by atomic mass is 79.9. The Morgan fingerprint density at radius 3 is 2.72 bits per heavy atom. The zero-order chi connectivity index (χ0) is 13.7. The van der Waals surface area contributed by atoms with E-state index in [9.17, 15) is 14.9 Å². The number of carboxylic acid groups (broad SMARTS) is 1. The van der Waals surface area contributed by atoms with Crippen LogP contribution in [-0.4, -0.2) is 16.0 Å². The van der Waals surface area contributed by atoms with E-state index in [4.69, 9.17) is 5.11 Å². The molecule has 0 fully saturated rings. The standard InChI is InChI=1S/C12H14BrNO4/c1-2-4-9(12(15)16)7-8-5-3-6-10(11(8)13)14(17)18/h3,5-6,9H,2,4,7H2,1H3,(H,15,16). The molecule has 1 aromatic carbocycles. The molecule has 1 aromatic rings. The minimum Gasteiger partial charge on any atom is -0.481 e. The van der Waals surface area contributed by atoms with Crippen LogP contribution in [0.15, 0.2) is 22.7 Å². The smallest absolute Gasteiger partial charge is 0.306 e. The van der Waals surface area contributed by atoms with E-state index in [1.54, 1.807) is 12.1 Å². The van der Waals surface area contributed by atoms with Gasteiger partial charge in [-0.05, 0) is 34.3 Å². The number of nitrogens with zero attached hydrogens (tertiary/aromatic N) is 1. The normalized spacial score (nSPS) is 12.1.